The first-order chi connectivity index (χ1) is 12.3. The van der Waals surface area contributed by atoms with Gasteiger partial charge in [-0.05, 0) is 36.8 Å². The summed E-state index contributed by atoms with van der Waals surface area (Å²) in [5.41, 5.74) is 1.02. The number of nitro groups is 1. The van der Waals surface area contributed by atoms with Crippen molar-refractivity contribution in [2.75, 3.05) is 6.61 Å². The molecule has 0 heterocycles. The van der Waals surface area contributed by atoms with Crippen LogP contribution in [0, 0.1) is 17.0 Å². The van der Waals surface area contributed by atoms with Crippen LogP contribution in [0.5, 0.6) is 0 Å². The van der Waals surface area contributed by atoms with Gasteiger partial charge in [0.1, 0.15) is 0 Å². The van der Waals surface area contributed by atoms with Gasteiger partial charge in [-0.15, -0.1) is 0 Å². The summed E-state index contributed by atoms with van der Waals surface area (Å²) in [6.45, 7) is 1.18. The van der Waals surface area contributed by atoms with E-state index in [1.807, 2.05) is 0 Å². The number of benzene rings is 2. The van der Waals surface area contributed by atoms with Crippen molar-refractivity contribution >= 4 is 40.8 Å². The van der Waals surface area contributed by atoms with E-state index in [1.165, 1.54) is 25.1 Å². The molecule has 0 atom stereocenters. The molecule has 0 spiro atoms. The number of aryl methyl sites for hydroxylation is 1. The first-order valence-corrected chi connectivity index (χ1v) is 8.16. The van der Waals surface area contributed by atoms with Gasteiger partial charge in [0.15, 0.2) is 6.61 Å². The normalized spacial score (nSPS) is 10.3. The maximum atomic E-state index is 11.9. The Hall–Kier alpha value is -2.64. The van der Waals surface area contributed by atoms with Gasteiger partial charge in [0, 0.05) is 28.2 Å². The van der Waals surface area contributed by atoms with Crippen LogP contribution in [0.4, 0.5) is 5.69 Å². The molecule has 1 N–H and O–H groups in total. The number of esters is 1. The molecule has 0 aliphatic rings. The molecular formula is C17H14Cl2N2O5. The quantitative estimate of drug-likeness (QED) is 0.456. The molecule has 0 aliphatic carbocycles. The fourth-order valence-corrected chi connectivity index (χ4v) is 2.59. The van der Waals surface area contributed by atoms with Crippen molar-refractivity contribution in [1.82, 2.24) is 5.32 Å². The molecule has 26 heavy (non-hydrogen) atoms. The average molecular weight is 397 g/mol. The summed E-state index contributed by atoms with van der Waals surface area (Å²) >= 11 is 11.8. The molecule has 9 heteroatoms. The average Bonchev–Trinajstić information content (AvgIpc) is 2.58. The van der Waals surface area contributed by atoms with Gasteiger partial charge in [-0.25, -0.2) is 4.79 Å². The smallest absolute Gasteiger partial charge is 0.338 e. The van der Waals surface area contributed by atoms with Crippen LogP contribution < -0.4 is 5.32 Å². The Kier molecular flexibility index (Phi) is 6.54. The van der Waals surface area contributed by atoms with Crippen LogP contribution in [-0.2, 0) is 16.1 Å². The summed E-state index contributed by atoms with van der Waals surface area (Å²) < 4.78 is 4.91. The van der Waals surface area contributed by atoms with E-state index in [0.717, 1.165) is 0 Å². The van der Waals surface area contributed by atoms with Crippen LogP contribution in [-0.4, -0.2) is 23.4 Å². The maximum absolute atomic E-state index is 11.9. The number of amides is 1. The molecule has 0 saturated carbocycles. The Bertz CT molecular complexity index is 870. The highest BCUT2D eigenvalue weighted by atomic mass is 35.5. The van der Waals surface area contributed by atoms with Crippen LogP contribution in [0.15, 0.2) is 36.4 Å². The maximum Gasteiger partial charge on any atom is 0.338 e. The predicted molar refractivity (Wildman–Crippen MR) is 96.4 cm³/mol. The molecule has 0 aromatic heterocycles. The second kappa shape index (κ2) is 8.64. The minimum absolute atomic E-state index is 0.0980. The molecule has 7 nitrogen and oxygen atoms in total. The molecule has 136 valence electrons. The summed E-state index contributed by atoms with van der Waals surface area (Å²) in [6, 6.07) is 8.71. The highest BCUT2D eigenvalue weighted by Crippen LogP contribution is 2.21. The third kappa shape index (κ3) is 5.18. The zero-order valence-electron chi connectivity index (χ0n) is 13.6. The second-order valence-electron chi connectivity index (χ2n) is 5.35. The fraction of sp³-hybridized carbons (Fsp3) is 0.176. The Morgan fingerprint density at radius 3 is 2.54 bits per heavy atom. The highest BCUT2D eigenvalue weighted by Gasteiger charge is 2.15. The minimum Gasteiger partial charge on any atom is -0.452 e. The van der Waals surface area contributed by atoms with Crippen LogP contribution in [0.3, 0.4) is 0 Å². The van der Waals surface area contributed by atoms with E-state index >= 15 is 0 Å². The lowest BCUT2D eigenvalue weighted by Crippen LogP contribution is -2.28. The van der Waals surface area contributed by atoms with Gasteiger partial charge in [0.05, 0.1) is 10.5 Å². The minimum atomic E-state index is -0.748. The van der Waals surface area contributed by atoms with Crippen molar-refractivity contribution in [3.05, 3.63) is 73.2 Å². The summed E-state index contributed by atoms with van der Waals surface area (Å²) in [4.78, 5) is 34.0. The number of ether oxygens (including phenoxy) is 1. The van der Waals surface area contributed by atoms with Crippen LogP contribution in [0.2, 0.25) is 10.0 Å². The Labute approximate surface area is 159 Å². The number of carbonyl (C=O) groups is 2. The highest BCUT2D eigenvalue weighted by molar-refractivity contribution is 6.35. The monoisotopic (exact) mass is 396 g/mol. The SMILES string of the molecule is Cc1cc(C(=O)OCC(=O)NCc2ccc(Cl)cc2Cl)ccc1[N+](=O)[O-]. The van der Waals surface area contributed by atoms with Crippen molar-refractivity contribution < 1.29 is 19.2 Å². The van der Waals surface area contributed by atoms with E-state index < -0.39 is 23.4 Å². The standard InChI is InChI=1S/C17H14Cl2N2O5/c1-10-6-11(3-5-15(10)21(24)25)17(23)26-9-16(22)20-8-12-2-4-13(18)7-14(12)19/h2-7H,8-9H2,1H3,(H,20,22). The van der Waals surface area contributed by atoms with E-state index in [9.17, 15) is 19.7 Å². The number of nitrogens with one attached hydrogen (secondary N) is 1. The summed E-state index contributed by atoms with van der Waals surface area (Å²) in [7, 11) is 0. The molecule has 0 radical (unpaired) electrons. The summed E-state index contributed by atoms with van der Waals surface area (Å²) in [5.74, 6) is -1.26. The molecule has 2 aromatic rings. The molecule has 2 rings (SSSR count). The predicted octanol–water partition coefficient (Wildman–Crippen LogP) is 3.68. The molecule has 2 aromatic carbocycles. The van der Waals surface area contributed by atoms with E-state index in [0.29, 0.717) is 21.2 Å². The van der Waals surface area contributed by atoms with Gasteiger partial charge in [-0.3, -0.25) is 14.9 Å². The van der Waals surface area contributed by atoms with E-state index in [1.54, 1.807) is 18.2 Å². The lowest BCUT2D eigenvalue weighted by molar-refractivity contribution is -0.385. The molecular weight excluding hydrogens is 383 g/mol. The van der Waals surface area contributed by atoms with Gasteiger partial charge in [-0.2, -0.15) is 0 Å². The van der Waals surface area contributed by atoms with E-state index in [-0.39, 0.29) is 17.8 Å². The van der Waals surface area contributed by atoms with E-state index in [4.69, 9.17) is 27.9 Å². The van der Waals surface area contributed by atoms with Gasteiger partial charge >= 0.3 is 5.97 Å². The number of hydrogen-bond donors (Lipinski definition) is 1. The van der Waals surface area contributed by atoms with Crippen molar-refractivity contribution in [2.24, 2.45) is 0 Å². The molecule has 0 unspecified atom stereocenters. The topological polar surface area (TPSA) is 98.5 Å². The number of nitrogens with zero attached hydrogens (tertiary/aromatic N) is 1. The third-order valence-electron chi connectivity index (χ3n) is 3.45. The number of hydrogen-bond acceptors (Lipinski definition) is 5. The van der Waals surface area contributed by atoms with Gasteiger partial charge in [0.25, 0.3) is 11.6 Å². The van der Waals surface area contributed by atoms with Crippen molar-refractivity contribution in [3.8, 4) is 0 Å². The molecule has 1 amide bonds. The Balaban J connectivity index is 1.87. The number of nitro benzene ring substituents is 1. The molecule has 0 fully saturated rings. The van der Waals surface area contributed by atoms with Crippen molar-refractivity contribution in [1.29, 1.82) is 0 Å². The number of rotatable bonds is 6. The number of halogens is 2. The first kappa shape index (κ1) is 19.7. The zero-order valence-corrected chi connectivity index (χ0v) is 15.1. The summed E-state index contributed by atoms with van der Waals surface area (Å²) in [6.07, 6.45) is 0. The van der Waals surface area contributed by atoms with Crippen molar-refractivity contribution in [3.63, 3.8) is 0 Å². The lowest BCUT2D eigenvalue weighted by Gasteiger charge is -2.08. The van der Waals surface area contributed by atoms with Crippen LogP contribution >= 0.6 is 23.2 Å². The lowest BCUT2D eigenvalue weighted by atomic mass is 10.1. The van der Waals surface area contributed by atoms with Crippen LogP contribution in [0.25, 0.3) is 0 Å². The van der Waals surface area contributed by atoms with Crippen LogP contribution in [0.1, 0.15) is 21.5 Å². The molecule has 0 saturated heterocycles. The second-order valence-corrected chi connectivity index (χ2v) is 6.19. The Morgan fingerprint density at radius 1 is 1.19 bits per heavy atom. The number of carbonyl (C=O) groups excluding carboxylic acids is 2. The largest absolute Gasteiger partial charge is 0.452 e. The Morgan fingerprint density at radius 2 is 1.92 bits per heavy atom. The summed E-state index contributed by atoms with van der Waals surface area (Å²) in [5, 5.41) is 14.2. The molecule has 0 aliphatic heterocycles. The van der Waals surface area contributed by atoms with E-state index in [2.05, 4.69) is 5.32 Å². The first-order valence-electron chi connectivity index (χ1n) is 7.40. The van der Waals surface area contributed by atoms with Gasteiger partial charge in [-0.1, -0.05) is 29.3 Å². The molecule has 0 bridgehead atoms. The third-order valence-corrected chi connectivity index (χ3v) is 4.04. The van der Waals surface area contributed by atoms with Gasteiger partial charge in [0.2, 0.25) is 0 Å². The van der Waals surface area contributed by atoms with Crippen molar-refractivity contribution in [2.45, 2.75) is 13.5 Å². The fourth-order valence-electron chi connectivity index (χ4n) is 2.11. The zero-order chi connectivity index (χ0) is 19.3. The van der Waals surface area contributed by atoms with Gasteiger partial charge < -0.3 is 10.1 Å².